The van der Waals surface area contributed by atoms with Crippen molar-refractivity contribution >= 4 is 0 Å². The predicted molar refractivity (Wildman–Crippen MR) is 97.6 cm³/mol. The van der Waals surface area contributed by atoms with Crippen LogP contribution >= 0.6 is 0 Å². The quantitative estimate of drug-likeness (QED) is 0.496. The highest BCUT2D eigenvalue weighted by Crippen LogP contribution is 2.42. The summed E-state index contributed by atoms with van der Waals surface area (Å²) in [6.07, 6.45) is 12.9. The molecule has 0 spiro atoms. The molecule has 0 aromatic heterocycles. The van der Waals surface area contributed by atoms with Crippen molar-refractivity contribution in [2.75, 3.05) is 6.61 Å². The van der Waals surface area contributed by atoms with Gasteiger partial charge in [-0.05, 0) is 74.3 Å². The molecule has 2 fully saturated rings. The molecule has 2 aliphatic rings. The molecule has 146 valence electrons. The molecule has 0 saturated heterocycles. The average molecular weight is 368 g/mol. The third-order valence-electron chi connectivity index (χ3n) is 6.62. The van der Waals surface area contributed by atoms with Gasteiger partial charge in [-0.15, -0.1) is 0 Å². The van der Waals surface area contributed by atoms with E-state index in [9.17, 15) is 13.2 Å². The van der Waals surface area contributed by atoms with E-state index in [1.165, 1.54) is 57.4 Å². The molecule has 2 saturated carbocycles. The number of ether oxygens (including phenoxy) is 1. The Bertz CT molecular complexity index is 573. The topological polar surface area (TPSA) is 9.23 Å². The first kappa shape index (κ1) is 19.6. The van der Waals surface area contributed by atoms with E-state index in [1.54, 1.807) is 0 Å². The van der Waals surface area contributed by atoms with Gasteiger partial charge in [0, 0.05) is 0 Å². The second-order valence-electron chi connectivity index (χ2n) is 8.33. The van der Waals surface area contributed by atoms with E-state index in [0.717, 1.165) is 36.7 Å². The summed E-state index contributed by atoms with van der Waals surface area (Å²) in [7, 11) is 0. The number of hydrogen-bond donors (Lipinski definition) is 0. The van der Waals surface area contributed by atoms with E-state index in [4.69, 9.17) is 4.74 Å². The van der Waals surface area contributed by atoms with Crippen molar-refractivity contribution in [3.8, 4) is 5.75 Å². The number of rotatable bonds is 6. The zero-order valence-electron chi connectivity index (χ0n) is 15.8. The molecule has 0 N–H and O–H groups in total. The highest BCUT2D eigenvalue weighted by molar-refractivity contribution is 5.26. The lowest BCUT2D eigenvalue weighted by Crippen LogP contribution is -2.27. The normalized spacial score (nSPS) is 29.5. The number of hydrogen-bond acceptors (Lipinski definition) is 1. The third-order valence-corrected chi connectivity index (χ3v) is 6.62. The van der Waals surface area contributed by atoms with Crippen LogP contribution in [0.2, 0.25) is 0 Å². The second kappa shape index (κ2) is 9.14. The van der Waals surface area contributed by atoms with Crippen LogP contribution in [0.15, 0.2) is 12.1 Å². The third kappa shape index (κ3) is 4.75. The Morgan fingerprint density at radius 2 is 1.38 bits per heavy atom. The van der Waals surface area contributed by atoms with Crippen molar-refractivity contribution in [1.29, 1.82) is 0 Å². The Hall–Kier alpha value is -1.19. The van der Waals surface area contributed by atoms with Crippen LogP contribution in [0.5, 0.6) is 5.75 Å². The molecule has 2 aliphatic carbocycles. The van der Waals surface area contributed by atoms with Crippen LogP contribution < -0.4 is 4.74 Å². The van der Waals surface area contributed by atoms with Gasteiger partial charge in [-0.3, -0.25) is 0 Å². The van der Waals surface area contributed by atoms with Crippen LogP contribution in [-0.4, -0.2) is 6.61 Å². The van der Waals surface area contributed by atoms with Gasteiger partial charge >= 0.3 is 0 Å². The van der Waals surface area contributed by atoms with E-state index in [-0.39, 0.29) is 5.75 Å². The summed E-state index contributed by atoms with van der Waals surface area (Å²) in [4.78, 5) is 0. The smallest absolute Gasteiger partial charge is 0.203 e. The van der Waals surface area contributed by atoms with Gasteiger partial charge < -0.3 is 4.74 Å². The summed E-state index contributed by atoms with van der Waals surface area (Å²) < 4.78 is 45.4. The molecule has 0 heterocycles. The zero-order chi connectivity index (χ0) is 18.5. The Balaban J connectivity index is 1.41. The van der Waals surface area contributed by atoms with Gasteiger partial charge in [-0.25, -0.2) is 8.78 Å². The van der Waals surface area contributed by atoms with Gasteiger partial charge in [-0.1, -0.05) is 32.6 Å². The summed E-state index contributed by atoms with van der Waals surface area (Å²) in [5.74, 6) is -0.985. The highest BCUT2D eigenvalue weighted by atomic mass is 19.2. The van der Waals surface area contributed by atoms with Crippen molar-refractivity contribution in [3.63, 3.8) is 0 Å². The lowest BCUT2D eigenvalue weighted by Gasteiger charge is -2.37. The first-order valence-electron chi connectivity index (χ1n) is 10.3. The van der Waals surface area contributed by atoms with Gasteiger partial charge in [0.15, 0.2) is 17.4 Å². The molecular formula is C22H31F3O. The predicted octanol–water partition coefficient (Wildman–Crippen LogP) is 6.90. The average Bonchev–Trinajstić information content (AvgIpc) is 2.67. The Labute approximate surface area is 155 Å². The molecule has 0 unspecified atom stereocenters. The van der Waals surface area contributed by atoms with E-state index >= 15 is 0 Å². The molecule has 0 radical (unpaired) electrons. The zero-order valence-corrected chi connectivity index (χ0v) is 15.8. The van der Waals surface area contributed by atoms with Gasteiger partial charge in [0.05, 0.1) is 6.61 Å². The first-order chi connectivity index (χ1) is 12.6. The summed E-state index contributed by atoms with van der Waals surface area (Å²) in [5.41, 5.74) is 0. The highest BCUT2D eigenvalue weighted by Gasteiger charge is 2.31. The standard InChI is InChI=1S/C22H31F3O/c1-2-3-15-4-8-17(9-5-15)18-10-6-16(7-11-18)14-26-20-13-12-19(23)21(24)22(20)25/h12-13,15-18H,2-11,14H2,1H3. The van der Waals surface area contributed by atoms with Crippen LogP contribution in [0.1, 0.15) is 71.1 Å². The molecule has 0 amide bonds. The lowest BCUT2D eigenvalue weighted by molar-refractivity contribution is 0.120. The molecule has 1 aromatic rings. The molecular weight excluding hydrogens is 337 g/mol. The Morgan fingerprint density at radius 3 is 1.96 bits per heavy atom. The Kier molecular flexibility index (Phi) is 6.88. The van der Waals surface area contributed by atoms with Gasteiger partial charge in [-0.2, -0.15) is 4.39 Å². The molecule has 1 nitrogen and oxygen atoms in total. The summed E-state index contributed by atoms with van der Waals surface area (Å²) in [6, 6.07) is 2.09. The minimum absolute atomic E-state index is 0.180. The van der Waals surface area contributed by atoms with E-state index in [2.05, 4.69) is 6.92 Å². The van der Waals surface area contributed by atoms with Crippen LogP contribution in [0.4, 0.5) is 13.2 Å². The minimum Gasteiger partial charge on any atom is -0.490 e. The molecule has 4 heteroatoms. The summed E-state index contributed by atoms with van der Waals surface area (Å²) in [5, 5.41) is 0. The lowest BCUT2D eigenvalue weighted by atomic mass is 9.69. The molecule has 1 aromatic carbocycles. The maximum Gasteiger partial charge on any atom is 0.203 e. The fourth-order valence-electron chi connectivity index (χ4n) is 5.01. The van der Waals surface area contributed by atoms with E-state index < -0.39 is 17.5 Å². The minimum atomic E-state index is -1.45. The van der Waals surface area contributed by atoms with Crippen molar-refractivity contribution in [2.45, 2.75) is 71.1 Å². The van der Waals surface area contributed by atoms with Gasteiger partial charge in [0.25, 0.3) is 0 Å². The molecule has 0 atom stereocenters. The van der Waals surface area contributed by atoms with Crippen molar-refractivity contribution in [3.05, 3.63) is 29.6 Å². The SMILES string of the molecule is CCCC1CCC(C2CCC(COc3ccc(F)c(F)c3F)CC2)CC1. The summed E-state index contributed by atoms with van der Waals surface area (Å²) >= 11 is 0. The number of halogens is 3. The van der Waals surface area contributed by atoms with Gasteiger partial charge in [0.2, 0.25) is 5.82 Å². The molecule has 0 bridgehead atoms. The Morgan fingerprint density at radius 1 is 0.808 bits per heavy atom. The first-order valence-corrected chi connectivity index (χ1v) is 10.3. The van der Waals surface area contributed by atoms with Crippen LogP contribution in [0, 0.1) is 41.1 Å². The van der Waals surface area contributed by atoms with Crippen molar-refractivity contribution in [1.82, 2.24) is 0 Å². The fraction of sp³-hybridized carbons (Fsp3) is 0.727. The largest absolute Gasteiger partial charge is 0.490 e. The molecule has 0 aliphatic heterocycles. The van der Waals surface area contributed by atoms with Crippen molar-refractivity contribution < 1.29 is 17.9 Å². The van der Waals surface area contributed by atoms with Crippen LogP contribution in [0.3, 0.4) is 0 Å². The molecule has 26 heavy (non-hydrogen) atoms. The van der Waals surface area contributed by atoms with Gasteiger partial charge in [0.1, 0.15) is 0 Å². The van der Waals surface area contributed by atoms with Crippen LogP contribution in [0.25, 0.3) is 0 Å². The maximum atomic E-state index is 13.7. The van der Waals surface area contributed by atoms with E-state index in [1.807, 2.05) is 0 Å². The molecule has 3 rings (SSSR count). The monoisotopic (exact) mass is 368 g/mol. The van der Waals surface area contributed by atoms with E-state index in [0.29, 0.717) is 12.5 Å². The van der Waals surface area contributed by atoms with Crippen molar-refractivity contribution in [2.24, 2.45) is 23.7 Å². The fourth-order valence-corrected chi connectivity index (χ4v) is 5.01. The van der Waals surface area contributed by atoms with Crippen LogP contribution in [-0.2, 0) is 0 Å². The second-order valence-corrected chi connectivity index (χ2v) is 8.33. The number of benzene rings is 1. The maximum absolute atomic E-state index is 13.7. The summed E-state index contributed by atoms with van der Waals surface area (Å²) in [6.45, 7) is 2.67.